The van der Waals surface area contributed by atoms with Crippen LogP contribution >= 0.6 is 0 Å². The van der Waals surface area contributed by atoms with Crippen molar-refractivity contribution in [1.82, 2.24) is 19.6 Å². The Labute approximate surface area is 160 Å². The summed E-state index contributed by atoms with van der Waals surface area (Å²) in [5, 5.41) is 9.07. The summed E-state index contributed by atoms with van der Waals surface area (Å²) in [6, 6.07) is 16.1. The molecule has 0 atom stereocenters. The van der Waals surface area contributed by atoms with Gasteiger partial charge in [-0.3, -0.25) is 9.59 Å². The third-order valence-corrected chi connectivity index (χ3v) is 4.56. The van der Waals surface area contributed by atoms with E-state index in [4.69, 9.17) is 4.74 Å². The molecule has 0 aliphatic rings. The van der Waals surface area contributed by atoms with Gasteiger partial charge in [-0.05, 0) is 37.3 Å². The number of para-hydroxylation sites is 1. The molecule has 0 aliphatic carbocycles. The van der Waals surface area contributed by atoms with Crippen LogP contribution in [0.15, 0.2) is 65.6 Å². The molecule has 0 saturated heterocycles. The topological polar surface area (TPSA) is 79.0 Å². The summed E-state index contributed by atoms with van der Waals surface area (Å²) in [5.41, 5.74) is 2.71. The highest BCUT2D eigenvalue weighted by atomic mass is 16.5. The molecule has 7 heteroatoms. The minimum Gasteiger partial charge on any atom is -0.487 e. The second-order valence-corrected chi connectivity index (χ2v) is 6.24. The Morgan fingerprint density at radius 1 is 1.11 bits per heavy atom. The van der Waals surface area contributed by atoms with Gasteiger partial charge in [-0.25, -0.2) is 4.68 Å². The molecular weight excluding hydrogens is 356 g/mol. The van der Waals surface area contributed by atoms with E-state index in [1.165, 1.54) is 0 Å². The molecule has 0 aliphatic heterocycles. The van der Waals surface area contributed by atoms with E-state index in [0.717, 1.165) is 17.2 Å². The molecule has 7 nitrogen and oxygen atoms in total. The van der Waals surface area contributed by atoms with Crippen molar-refractivity contribution in [2.75, 3.05) is 0 Å². The largest absolute Gasteiger partial charge is 0.487 e. The summed E-state index contributed by atoms with van der Waals surface area (Å²) in [7, 11) is 0. The molecule has 0 spiro atoms. The van der Waals surface area contributed by atoms with Crippen LogP contribution in [0.4, 0.5) is 0 Å². The summed E-state index contributed by atoms with van der Waals surface area (Å²) in [6.07, 6.45) is 2.40. The van der Waals surface area contributed by atoms with Crippen molar-refractivity contribution in [1.29, 1.82) is 0 Å². The number of ether oxygens (including phenoxy) is 1. The second kappa shape index (κ2) is 7.48. The second-order valence-electron chi connectivity index (χ2n) is 6.24. The van der Waals surface area contributed by atoms with E-state index in [0.29, 0.717) is 29.2 Å². The number of pyridine rings is 1. The Balaban J connectivity index is 1.71. The molecule has 2 aromatic carbocycles. The molecular formula is C21H18N4O3. The lowest BCUT2D eigenvalue weighted by atomic mass is 10.1. The molecule has 0 bridgehead atoms. The predicted molar refractivity (Wildman–Crippen MR) is 105 cm³/mol. The predicted octanol–water partition coefficient (Wildman–Crippen LogP) is 2.99. The highest BCUT2D eigenvalue weighted by molar-refractivity contribution is 5.87. The quantitative estimate of drug-likeness (QED) is 0.485. The molecule has 0 N–H and O–H groups in total. The number of aryl methyl sites for hydroxylation is 1. The molecule has 4 aromatic rings. The standard InChI is InChI=1S/C21H18N4O3/c1-2-24-19-6-4-3-5-18(19)20(11-21(24)27)25-16(12-22-23-25)14-28-17-9-7-15(13-26)8-10-17/h3-13H,2,14H2,1H3. The van der Waals surface area contributed by atoms with Gasteiger partial charge in [0.05, 0.1) is 17.4 Å². The number of benzene rings is 2. The molecule has 0 radical (unpaired) electrons. The van der Waals surface area contributed by atoms with Crippen LogP contribution in [0.3, 0.4) is 0 Å². The van der Waals surface area contributed by atoms with Gasteiger partial charge in [0, 0.05) is 23.6 Å². The van der Waals surface area contributed by atoms with Gasteiger partial charge in [-0.1, -0.05) is 23.4 Å². The lowest BCUT2D eigenvalue weighted by molar-refractivity contribution is 0.112. The maximum Gasteiger partial charge on any atom is 0.253 e. The van der Waals surface area contributed by atoms with Gasteiger partial charge in [0.15, 0.2) is 0 Å². The summed E-state index contributed by atoms with van der Waals surface area (Å²) in [6.45, 7) is 2.75. The minimum atomic E-state index is -0.0944. The van der Waals surface area contributed by atoms with Crippen LogP contribution in [0.2, 0.25) is 0 Å². The van der Waals surface area contributed by atoms with Gasteiger partial charge >= 0.3 is 0 Å². The average Bonchev–Trinajstić information content (AvgIpc) is 3.20. The van der Waals surface area contributed by atoms with Gasteiger partial charge in [-0.15, -0.1) is 5.10 Å². The van der Waals surface area contributed by atoms with E-state index in [9.17, 15) is 9.59 Å². The summed E-state index contributed by atoms with van der Waals surface area (Å²) in [5.74, 6) is 0.629. The Morgan fingerprint density at radius 3 is 2.64 bits per heavy atom. The van der Waals surface area contributed by atoms with E-state index in [1.54, 1.807) is 45.8 Å². The van der Waals surface area contributed by atoms with E-state index in [-0.39, 0.29) is 12.2 Å². The highest BCUT2D eigenvalue weighted by Crippen LogP contribution is 2.22. The Morgan fingerprint density at radius 2 is 1.89 bits per heavy atom. The number of rotatable bonds is 6. The first-order valence-corrected chi connectivity index (χ1v) is 8.92. The fraction of sp³-hybridized carbons (Fsp3) is 0.143. The zero-order chi connectivity index (χ0) is 19.5. The number of carbonyl (C=O) groups is 1. The SMILES string of the molecule is CCn1c(=O)cc(-n2nncc2COc2ccc(C=O)cc2)c2ccccc21. The van der Waals surface area contributed by atoms with Crippen molar-refractivity contribution in [3.63, 3.8) is 0 Å². The first-order valence-electron chi connectivity index (χ1n) is 8.92. The van der Waals surface area contributed by atoms with E-state index in [2.05, 4.69) is 10.3 Å². The van der Waals surface area contributed by atoms with Gasteiger partial charge in [-0.2, -0.15) is 0 Å². The fourth-order valence-electron chi connectivity index (χ4n) is 3.18. The molecule has 140 valence electrons. The molecule has 28 heavy (non-hydrogen) atoms. The molecule has 0 fully saturated rings. The number of aldehydes is 1. The van der Waals surface area contributed by atoms with Gasteiger partial charge in [0.25, 0.3) is 5.56 Å². The Kier molecular flexibility index (Phi) is 4.72. The van der Waals surface area contributed by atoms with Gasteiger partial charge < -0.3 is 9.30 Å². The zero-order valence-electron chi connectivity index (χ0n) is 15.3. The van der Waals surface area contributed by atoms with Crippen LogP contribution < -0.4 is 10.3 Å². The molecule has 4 rings (SSSR count). The van der Waals surface area contributed by atoms with E-state index >= 15 is 0 Å². The van der Waals surface area contributed by atoms with Crippen molar-refractivity contribution in [2.24, 2.45) is 0 Å². The number of hydrogen-bond acceptors (Lipinski definition) is 5. The first kappa shape index (κ1) is 17.7. The van der Waals surface area contributed by atoms with Crippen molar-refractivity contribution < 1.29 is 9.53 Å². The number of nitrogens with zero attached hydrogens (tertiary/aromatic N) is 4. The third-order valence-electron chi connectivity index (χ3n) is 4.56. The molecule has 0 saturated carbocycles. The highest BCUT2D eigenvalue weighted by Gasteiger charge is 2.14. The molecule has 2 heterocycles. The number of aromatic nitrogens is 4. The monoisotopic (exact) mass is 374 g/mol. The molecule has 0 amide bonds. The van der Waals surface area contributed by atoms with Crippen molar-refractivity contribution in [2.45, 2.75) is 20.1 Å². The average molecular weight is 374 g/mol. The molecule has 2 aromatic heterocycles. The van der Waals surface area contributed by atoms with Crippen molar-refractivity contribution in [3.05, 3.63) is 82.4 Å². The summed E-state index contributed by atoms with van der Waals surface area (Å²) in [4.78, 5) is 23.3. The first-order chi connectivity index (χ1) is 13.7. The Hall–Kier alpha value is -3.74. The number of carbonyl (C=O) groups excluding carboxylic acids is 1. The van der Waals surface area contributed by atoms with Crippen molar-refractivity contribution in [3.8, 4) is 11.4 Å². The van der Waals surface area contributed by atoms with Crippen LogP contribution in [-0.2, 0) is 13.2 Å². The number of fused-ring (bicyclic) bond motifs is 1. The maximum absolute atomic E-state index is 12.6. The Bertz CT molecular complexity index is 1190. The minimum absolute atomic E-state index is 0.0944. The molecule has 0 unspecified atom stereocenters. The van der Waals surface area contributed by atoms with E-state index in [1.807, 2.05) is 31.2 Å². The summed E-state index contributed by atoms with van der Waals surface area (Å²) < 4.78 is 9.15. The third kappa shape index (κ3) is 3.18. The maximum atomic E-state index is 12.6. The fourth-order valence-corrected chi connectivity index (χ4v) is 3.18. The van der Waals surface area contributed by atoms with Gasteiger partial charge in [0.1, 0.15) is 24.3 Å². The lowest BCUT2D eigenvalue weighted by Crippen LogP contribution is -2.21. The van der Waals surface area contributed by atoms with Crippen LogP contribution in [-0.4, -0.2) is 25.8 Å². The van der Waals surface area contributed by atoms with Crippen LogP contribution in [0.5, 0.6) is 5.75 Å². The van der Waals surface area contributed by atoms with Crippen LogP contribution in [0, 0.1) is 0 Å². The lowest BCUT2D eigenvalue weighted by Gasteiger charge is -2.13. The smallest absolute Gasteiger partial charge is 0.253 e. The van der Waals surface area contributed by atoms with Crippen molar-refractivity contribution >= 4 is 17.2 Å². The summed E-state index contributed by atoms with van der Waals surface area (Å²) >= 11 is 0. The number of hydrogen-bond donors (Lipinski definition) is 0. The van der Waals surface area contributed by atoms with Gasteiger partial charge in [0.2, 0.25) is 0 Å². The normalized spacial score (nSPS) is 10.9. The van der Waals surface area contributed by atoms with Crippen LogP contribution in [0.1, 0.15) is 23.0 Å². The van der Waals surface area contributed by atoms with E-state index < -0.39 is 0 Å². The van der Waals surface area contributed by atoms with Crippen LogP contribution in [0.25, 0.3) is 16.6 Å². The zero-order valence-corrected chi connectivity index (χ0v) is 15.3.